The van der Waals surface area contributed by atoms with Gasteiger partial charge in [0.25, 0.3) is 0 Å². The molecule has 1 aromatic heterocycles. The summed E-state index contributed by atoms with van der Waals surface area (Å²) in [5.74, 6) is 1.73. The van der Waals surface area contributed by atoms with E-state index in [0.29, 0.717) is 19.6 Å². The van der Waals surface area contributed by atoms with Crippen LogP contribution in [0.5, 0.6) is 0 Å². The first-order valence-electron chi connectivity index (χ1n) is 8.14. The van der Waals surface area contributed by atoms with Gasteiger partial charge in [-0.3, -0.25) is 4.57 Å². The van der Waals surface area contributed by atoms with E-state index in [9.17, 15) is 0 Å². The van der Waals surface area contributed by atoms with E-state index in [1.807, 2.05) is 0 Å². The maximum atomic E-state index is 8.69. The molecule has 1 aromatic carbocycles. The Morgan fingerprint density at radius 3 is 2.67 bits per heavy atom. The minimum atomic E-state index is 0.571. The molecule has 3 rings (SSSR count). The molecule has 0 amide bonds. The molecule has 0 bridgehead atoms. The van der Waals surface area contributed by atoms with Crippen molar-refractivity contribution in [1.29, 1.82) is 5.26 Å². The van der Waals surface area contributed by atoms with E-state index in [1.54, 1.807) is 11.8 Å². The van der Waals surface area contributed by atoms with Crippen LogP contribution in [0.4, 0.5) is 5.95 Å². The molecule has 2 heterocycles. The average molecular weight is 343 g/mol. The molecule has 0 atom stereocenters. The van der Waals surface area contributed by atoms with Crippen molar-refractivity contribution in [3.05, 3.63) is 29.8 Å². The molecular weight excluding hydrogens is 322 g/mol. The van der Waals surface area contributed by atoms with Gasteiger partial charge >= 0.3 is 0 Å². The molecule has 2 aromatic rings. The number of unbranched alkanes of at least 4 members (excludes halogenated alkanes) is 1. The van der Waals surface area contributed by atoms with Crippen LogP contribution in [0.1, 0.15) is 18.4 Å². The topological polar surface area (TPSA) is 67.0 Å². The van der Waals surface area contributed by atoms with Gasteiger partial charge in [0.05, 0.1) is 25.0 Å². The lowest BCUT2D eigenvalue weighted by Crippen LogP contribution is -2.37. The van der Waals surface area contributed by atoms with Crippen LogP contribution in [0.2, 0.25) is 0 Å². The van der Waals surface area contributed by atoms with Crippen molar-refractivity contribution < 1.29 is 4.74 Å². The molecule has 6 nitrogen and oxygen atoms in total. The Morgan fingerprint density at radius 2 is 1.96 bits per heavy atom. The number of aryl methyl sites for hydroxylation is 1. The van der Waals surface area contributed by atoms with Gasteiger partial charge in [0.2, 0.25) is 5.95 Å². The summed E-state index contributed by atoms with van der Waals surface area (Å²) >= 11 is 1.65. The van der Waals surface area contributed by atoms with Crippen molar-refractivity contribution in [2.24, 2.45) is 0 Å². The third kappa shape index (κ3) is 3.89. The molecule has 1 fully saturated rings. The molecule has 0 N–H and O–H groups in total. The molecule has 0 unspecified atom stereocenters. The second-order valence-corrected chi connectivity index (χ2v) is 6.73. The average Bonchev–Trinajstić information content (AvgIpc) is 3.04. The lowest BCUT2D eigenvalue weighted by Gasteiger charge is -2.28. The molecular formula is C17H21N5OS. The van der Waals surface area contributed by atoms with Crippen molar-refractivity contribution >= 4 is 17.7 Å². The van der Waals surface area contributed by atoms with Crippen LogP contribution in [-0.4, -0.2) is 46.8 Å². The second kappa shape index (κ2) is 8.18. The molecule has 1 aliphatic heterocycles. The smallest absolute Gasteiger partial charge is 0.232 e. The van der Waals surface area contributed by atoms with Crippen LogP contribution in [0.15, 0.2) is 29.4 Å². The number of ether oxygens (including phenoxy) is 1. The van der Waals surface area contributed by atoms with E-state index in [4.69, 9.17) is 10.00 Å². The zero-order chi connectivity index (χ0) is 16.8. The van der Waals surface area contributed by atoms with Gasteiger partial charge in [-0.15, -0.1) is 10.2 Å². The summed E-state index contributed by atoms with van der Waals surface area (Å²) in [5, 5.41) is 18.4. The van der Waals surface area contributed by atoms with Crippen LogP contribution in [0.25, 0.3) is 5.69 Å². The predicted octanol–water partition coefficient (Wildman–Crippen LogP) is 2.81. The summed E-state index contributed by atoms with van der Waals surface area (Å²) in [5.41, 5.74) is 2.29. The summed E-state index contributed by atoms with van der Waals surface area (Å²) < 4.78 is 7.56. The molecule has 1 saturated heterocycles. The summed E-state index contributed by atoms with van der Waals surface area (Å²) in [4.78, 5) is 2.22. The fraction of sp³-hybridized carbons (Fsp3) is 0.471. The maximum Gasteiger partial charge on any atom is 0.232 e. The van der Waals surface area contributed by atoms with Crippen molar-refractivity contribution in [3.63, 3.8) is 0 Å². The Bertz CT molecular complexity index is 701. The third-order valence-corrected chi connectivity index (χ3v) is 4.88. The molecule has 24 heavy (non-hydrogen) atoms. The first-order valence-corrected chi connectivity index (χ1v) is 9.13. The number of aromatic nitrogens is 3. The monoisotopic (exact) mass is 343 g/mol. The SMILES string of the molecule is Cc1ccc(-n2c(SCCCC#N)nnc2N2CCOCC2)cc1. The van der Waals surface area contributed by atoms with E-state index in [1.165, 1.54) is 5.56 Å². The molecule has 7 heteroatoms. The molecule has 0 aliphatic carbocycles. The lowest BCUT2D eigenvalue weighted by atomic mass is 10.2. The number of benzene rings is 1. The van der Waals surface area contributed by atoms with Gasteiger partial charge in [-0.1, -0.05) is 29.5 Å². The van der Waals surface area contributed by atoms with Gasteiger partial charge in [0.15, 0.2) is 5.16 Å². The normalized spacial score (nSPS) is 14.6. The van der Waals surface area contributed by atoms with Crippen molar-refractivity contribution in [1.82, 2.24) is 14.8 Å². The Labute approximate surface area is 146 Å². The quantitative estimate of drug-likeness (QED) is 0.593. The maximum absolute atomic E-state index is 8.69. The van der Waals surface area contributed by atoms with Crippen LogP contribution in [0.3, 0.4) is 0 Å². The highest BCUT2D eigenvalue weighted by Gasteiger charge is 2.21. The zero-order valence-electron chi connectivity index (χ0n) is 13.8. The van der Waals surface area contributed by atoms with Crippen molar-refractivity contribution in [2.75, 3.05) is 37.0 Å². The Hall–Kier alpha value is -2.04. The van der Waals surface area contributed by atoms with Gasteiger partial charge in [0, 0.05) is 25.3 Å². The van der Waals surface area contributed by atoms with Gasteiger partial charge in [0.1, 0.15) is 0 Å². The largest absolute Gasteiger partial charge is 0.378 e. The van der Waals surface area contributed by atoms with E-state index in [2.05, 4.69) is 56.9 Å². The number of thioether (sulfide) groups is 1. The molecule has 1 aliphatic rings. The number of rotatable bonds is 6. The Balaban J connectivity index is 1.89. The first-order chi connectivity index (χ1) is 11.8. The molecule has 0 spiro atoms. The van der Waals surface area contributed by atoms with Gasteiger partial charge in [-0.2, -0.15) is 5.26 Å². The molecule has 0 radical (unpaired) electrons. The van der Waals surface area contributed by atoms with Crippen molar-refractivity contribution in [2.45, 2.75) is 24.9 Å². The van der Waals surface area contributed by atoms with E-state index in [-0.39, 0.29) is 0 Å². The van der Waals surface area contributed by atoms with E-state index in [0.717, 1.165) is 42.1 Å². The number of nitriles is 1. The molecule has 126 valence electrons. The number of nitrogens with zero attached hydrogens (tertiary/aromatic N) is 5. The minimum Gasteiger partial charge on any atom is -0.378 e. The van der Waals surface area contributed by atoms with E-state index >= 15 is 0 Å². The summed E-state index contributed by atoms with van der Waals surface area (Å²) in [6.07, 6.45) is 1.43. The highest BCUT2D eigenvalue weighted by atomic mass is 32.2. The fourth-order valence-electron chi connectivity index (χ4n) is 2.56. The van der Waals surface area contributed by atoms with Gasteiger partial charge in [-0.05, 0) is 25.5 Å². The number of anilines is 1. The number of morpholine rings is 1. The minimum absolute atomic E-state index is 0.571. The van der Waals surface area contributed by atoms with Crippen LogP contribution >= 0.6 is 11.8 Å². The van der Waals surface area contributed by atoms with Gasteiger partial charge in [-0.25, -0.2) is 0 Å². The highest BCUT2D eigenvalue weighted by Crippen LogP contribution is 2.27. The Kier molecular flexibility index (Phi) is 5.72. The third-order valence-electron chi connectivity index (χ3n) is 3.87. The summed E-state index contributed by atoms with van der Waals surface area (Å²) in [7, 11) is 0. The fourth-order valence-corrected chi connectivity index (χ4v) is 3.44. The molecule has 0 saturated carbocycles. The lowest BCUT2D eigenvalue weighted by molar-refractivity contribution is 0.122. The second-order valence-electron chi connectivity index (χ2n) is 5.66. The zero-order valence-corrected chi connectivity index (χ0v) is 14.6. The van der Waals surface area contributed by atoms with Crippen LogP contribution in [-0.2, 0) is 4.74 Å². The van der Waals surface area contributed by atoms with Crippen molar-refractivity contribution in [3.8, 4) is 11.8 Å². The van der Waals surface area contributed by atoms with Gasteiger partial charge < -0.3 is 9.64 Å². The Morgan fingerprint density at radius 1 is 1.21 bits per heavy atom. The van der Waals surface area contributed by atoms with Crippen LogP contribution in [0, 0.1) is 18.3 Å². The predicted molar refractivity (Wildman–Crippen MR) is 94.7 cm³/mol. The number of hydrogen-bond acceptors (Lipinski definition) is 6. The first kappa shape index (κ1) is 16.8. The summed E-state index contributed by atoms with van der Waals surface area (Å²) in [6, 6.07) is 10.6. The van der Waals surface area contributed by atoms with E-state index < -0.39 is 0 Å². The number of hydrogen-bond donors (Lipinski definition) is 0. The standard InChI is InChI=1S/C17H21N5OS/c1-14-4-6-15(7-5-14)22-16(21-9-11-23-12-10-21)19-20-17(22)24-13-3-2-8-18/h4-7H,2-3,9-13H2,1H3. The summed E-state index contributed by atoms with van der Waals surface area (Å²) in [6.45, 7) is 5.15. The highest BCUT2D eigenvalue weighted by molar-refractivity contribution is 7.99. The van der Waals surface area contributed by atoms with Crippen LogP contribution < -0.4 is 4.90 Å².